The molecule has 0 atom stereocenters. The Kier molecular flexibility index (Phi) is 5.70. The highest BCUT2D eigenvalue weighted by molar-refractivity contribution is 5.79. The Hall–Kier alpha value is -3.73. The Morgan fingerprint density at radius 3 is 2.40 bits per heavy atom. The monoisotopic (exact) mass is 402 g/mol. The summed E-state index contributed by atoms with van der Waals surface area (Å²) in [5.41, 5.74) is 2.45. The molecule has 0 aliphatic carbocycles. The molecule has 1 heterocycles. The third-order valence-corrected chi connectivity index (χ3v) is 4.61. The number of hydrogen-bond donors (Lipinski definition) is 0. The first-order chi connectivity index (χ1) is 14.6. The molecule has 3 aromatic carbocycles. The third-order valence-electron chi connectivity index (χ3n) is 4.61. The Morgan fingerprint density at radius 1 is 0.867 bits per heavy atom. The fraction of sp³-hybridized carbons (Fsp3) is 0.160. The molecule has 0 amide bonds. The average molecular weight is 402 g/mol. The minimum atomic E-state index is -0.257. The second-order valence-corrected chi connectivity index (χ2v) is 6.84. The summed E-state index contributed by atoms with van der Waals surface area (Å²) in [7, 11) is 0. The van der Waals surface area contributed by atoms with E-state index in [2.05, 4.69) is 0 Å². The normalized spacial score (nSPS) is 10.7. The minimum absolute atomic E-state index is 0.1000. The van der Waals surface area contributed by atoms with E-state index in [-0.39, 0.29) is 11.2 Å². The first-order valence-electron chi connectivity index (χ1n) is 9.77. The van der Waals surface area contributed by atoms with Crippen molar-refractivity contribution in [1.29, 1.82) is 0 Å². The Balaban J connectivity index is 1.55. The van der Waals surface area contributed by atoms with Crippen molar-refractivity contribution in [2.75, 3.05) is 6.61 Å². The fourth-order valence-electron chi connectivity index (χ4n) is 3.03. The maximum absolute atomic E-state index is 12.9. The number of ether oxygens (including phenoxy) is 3. The zero-order valence-electron chi connectivity index (χ0n) is 16.9. The van der Waals surface area contributed by atoms with Crippen LogP contribution in [0.5, 0.6) is 23.0 Å². The van der Waals surface area contributed by atoms with E-state index in [1.54, 1.807) is 30.3 Å². The summed E-state index contributed by atoms with van der Waals surface area (Å²) in [5, 5.41) is 0.420. The van der Waals surface area contributed by atoms with Crippen LogP contribution in [0.15, 0.2) is 82.2 Å². The van der Waals surface area contributed by atoms with Gasteiger partial charge < -0.3 is 18.6 Å². The van der Waals surface area contributed by atoms with Crippen LogP contribution in [0.1, 0.15) is 18.1 Å². The molecular formula is C25H22O5. The molecule has 0 fully saturated rings. The first-order valence-corrected chi connectivity index (χ1v) is 9.77. The third kappa shape index (κ3) is 4.30. The van der Waals surface area contributed by atoms with Gasteiger partial charge in [-0.2, -0.15) is 0 Å². The summed E-state index contributed by atoms with van der Waals surface area (Å²) in [4.78, 5) is 12.9. The highest BCUT2D eigenvalue weighted by Crippen LogP contribution is 2.31. The zero-order chi connectivity index (χ0) is 20.9. The smallest absolute Gasteiger partial charge is 0.235 e. The van der Waals surface area contributed by atoms with Gasteiger partial charge in [0.25, 0.3) is 0 Å². The summed E-state index contributed by atoms with van der Waals surface area (Å²) in [6.45, 7) is 4.87. The summed E-state index contributed by atoms with van der Waals surface area (Å²) < 4.78 is 22.8. The SMILES string of the molecule is CCOc1ccccc1Oc1coc2cc(OCc3ccc(C)cc3)ccc2c1=O. The highest BCUT2D eigenvalue weighted by atomic mass is 16.5. The molecule has 4 aromatic rings. The van der Waals surface area contributed by atoms with Crippen molar-refractivity contribution in [3.63, 3.8) is 0 Å². The van der Waals surface area contributed by atoms with E-state index in [1.807, 2.05) is 50.2 Å². The van der Waals surface area contributed by atoms with Crippen LogP contribution in [-0.2, 0) is 6.61 Å². The quantitative estimate of drug-likeness (QED) is 0.387. The zero-order valence-corrected chi connectivity index (χ0v) is 16.9. The van der Waals surface area contributed by atoms with E-state index in [1.165, 1.54) is 11.8 Å². The molecule has 0 saturated heterocycles. The molecule has 0 aliphatic rings. The lowest BCUT2D eigenvalue weighted by molar-refractivity contribution is 0.306. The second-order valence-electron chi connectivity index (χ2n) is 6.84. The van der Waals surface area contributed by atoms with Crippen molar-refractivity contribution in [1.82, 2.24) is 0 Å². The molecule has 0 bridgehead atoms. The Bertz CT molecular complexity index is 1210. The minimum Gasteiger partial charge on any atom is -0.490 e. The van der Waals surface area contributed by atoms with Crippen LogP contribution in [0.4, 0.5) is 0 Å². The van der Waals surface area contributed by atoms with Gasteiger partial charge in [0.2, 0.25) is 11.2 Å². The van der Waals surface area contributed by atoms with Crippen LogP contribution in [0.2, 0.25) is 0 Å². The molecule has 152 valence electrons. The molecule has 0 saturated carbocycles. The van der Waals surface area contributed by atoms with Gasteiger partial charge in [0.05, 0.1) is 12.0 Å². The molecule has 5 nitrogen and oxygen atoms in total. The van der Waals surface area contributed by atoms with Gasteiger partial charge >= 0.3 is 0 Å². The standard InChI is InChI=1S/C25H22O5/c1-3-27-21-6-4-5-7-22(21)30-24-16-29-23-14-19(12-13-20(23)25(24)26)28-15-18-10-8-17(2)9-11-18/h4-14,16H,3,15H2,1-2H3. The summed E-state index contributed by atoms with van der Waals surface area (Å²) in [6.07, 6.45) is 1.32. The van der Waals surface area contributed by atoms with Crippen molar-refractivity contribution < 1.29 is 18.6 Å². The van der Waals surface area contributed by atoms with E-state index in [9.17, 15) is 4.79 Å². The summed E-state index contributed by atoms with van der Waals surface area (Å²) in [5.74, 6) is 1.76. The van der Waals surface area contributed by atoms with Gasteiger partial charge in [0.1, 0.15) is 24.2 Å². The van der Waals surface area contributed by atoms with Gasteiger partial charge in [-0.05, 0) is 43.7 Å². The van der Waals surface area contributed by atoms with Crippen molar-refractivity contribution in [2.45, 2.75) is 20.5 Å². The van der Waals surface area contributed by atoms with E-state index in [0.29, 0.717) is 41.4 Å². The van der Waals surface area contributed by atoms with Crippen LogP contribution >= 0.6 is 0 Å². The van der Waals surface area contributed by atoms with Gasteiger partial charge in [0, 0.05) is 6.07 Å². The lowest BCUT2D eigenvalue weighted by Crippen LogP contribution is -2.06. The lowest BCUT2D eigenvalue weighted by atomic mass is 10.2. The maximum Gasteiger partial charge on any atom is 0.235 e. The van der Waals surface area contributed by atoms with E-state index < -0.39 is 0 Å². The predicted molar refractivity (Wildman–Crippen MR) is 116 cm³/mol. The highest BCUT2D eigenvalue weighted by Gasteiger charge is 2.12. The van der Waals surface area contributed by atoms with Gasteiger partial charge in [-0.15, -0.1) is 0 Å². The van der Waals surface area contributed by atoms with Crippen LogP contribution in [0, 0.1) is 6.92 Å². The number of rotatable bonds is 7. The van der Waals surface area contributed by atoms with Gasteiger partial charge in [0.15, 0.2) is 11.5 Å². The number of hydrogen-bond acceptors (Lipinski definition) is 5. The lowest BCUT2D eigenvalue weighted by Gasteiger charge is -2.11. The van der Waals surface area contributed by atoms with Crippen molar-refractivity contribution >= 4 is 11.0 Å². The molecule has 0 unspecified atom stereocenters. The maximum atomic E-state index is 12.9. The Morgan fingerprint density at radius 2 is 1.63 bits per heavy atom. The average Bonchev–Trinajstić information content (AvgIpc) is 2.77. The number of benzene rings is 3. The van der Waals surface area contributed by atoms with Crippen LogP contribution in [0.25, 0.3) is 11.0 Å². The molecule has 0 spiro atoms. The van der Waals surface area contributed by atoms with Crippen LogP contribution < -0.4 is 19.6 Å². The molecular weight excluding hydrogens is 380 g/mol. The topological polar surface area (TPSA) is 57.9 Å². The van der Waals surface area contributed by atoms with E-state index >= 15 is 0 Å². The molecule has 0 radical (unpaired) electrons. The second kappa shape index (κ2) is 8.74. The first kappa shape index (κ1) is 19.6. The van der Waals surface area contributed by atoms with Gasteiger partial charge in [-0.1, -0.05) is 42.0 Å². The molecule has 5 heteroatoms. The molecule has 4 rings (SSSR count). The van der Waals surface area contributed by atoms with E-state index in [0.717, 1.165) is 5.56 Å². The van der Waals surface area contributed by atoms with Gasteiger partial charge in [-0.3, -0.25) is 4.79 Å². The molecule has 0 aliphatic heterocycles. The van der Waals surface area contributed by atoms with Crippen molar-refractivity contribution in [3.05, 3.63) is 94.3 Å². The van der Waals surface area contributed by atoms with E-state index in [4.69, 9.17) is 18.6 Å². The van der Waals surface area contributed by atoms with Crippen LogP contribution in [-0.4, -0.2) is 6.61 Å². The largest absolute Gasteiger partial charge is 0.490 e. The molecule has 0 N–H and O–H groups in total. The predicted octanol–water partition coefficient (Wildman–Crippen LogP) is 5.87. The number of aryl methyl sites for hydroxylation is 1. The number of para-hydroxylation sites is 2. The summed E-state index contributed by atoms with van der Waals surface area (Å²) >= 11 is 0. The molecule has 1 aromatic heterocycles. The fourth-order valence-corrected chi connectivity index (χ4v) is 3.03. The van der Waals surface area contributed by atoms with Gasteiger partial charge in [-0.25, -0.2) is 0 Å². The van der Waals surface area contributed by atoms with Crippen molar-refractivity contribution in [2.24, 2.45) is 0 Å². The van der Waals surface area contributed by atoms with Crippen LogP contribution in [0.3, 0.4) is 0 Å². The summed E-state index contributed by atoms with van der Waals surface area (Å²) in [6, 6.07) is 20.5. The van der Waals surface area contributed by atoms with Crippen molar-refractivity contribution in [3.8, 4) is 23.0 Å². The Labute approximate surface area is 174 Å². The number of fused-ring (bicyclic) bond motifs is 1. The molecule has 30 heavy (non-hydrogen) atoms.